The lowest BCUT2D eigenvalue weighted by Crippen LogP contribution is -2.10. The van der Waals surface area contributed by atoms with Gasteiger partial charge in [-0.15, -0.1) is 0 Å². The maximum atomic E-state index is 12.7. The molecule has 1 amide bonds. The molecule has 5 nitrogen and oxygen atoms in total. The second kappa shape index (κ2) is 9.61. The average Bonchev–Trinajstić information content (AvgIpc) is 3.53. The number of halogens is 2. The summed E-state index contributed by atoms with van der Waals surface area (Å²) in [6.45, 7) is 4.37. The molecule has 1 atom stereocenters. The minimum absolute atomic E-state index is 0.163. The van der Waals surface area contributed by atoms with Gasteiger partial charge in [-0.3, -0.25) is 4.79 Å². The lowest BCUT2D eigenvalue weighted by Gasteiger charge is -2.07. The molecule has 0 aliphatic heterocycles. The van der Waals surface area contributed by atoms with Crippen LogP contribution in [0.4, 0.5) is 5.69 Å². The molecule has 7 heteroatoms. The number of rotatable bonds is 6. The van der Waals surface area contributed by atoms with Gasteiger partial charge in [-0.25, -0.2) is 4.98 Å². The fourth-order valence-electron chi connectivity index (χ4n) is 3.80. The first-order chi connectivity index (χ1) is 16.9. The first kappa shape index (κ1) is 23.2. The van der Waals surface area contributed by atoms with E-state index in [-0.39, 0.29) is 11.7 Å². The Bertz CT molecular complexity index is 1520. The minimum atomic E-state index is -0.374. The Morgan fingerprint density at radius 2 is 1.80 bits per heavy atom. The highest BCUT2D eigenvalue weighted by atomic mass is 35.5. The third kappa shape index (κ3) is 4.70. The molecule has 3 aromatic carbocycles. The summed E-state index contributed by atoms with van der Waals surface area (Å²) < 4.78 is 11.7. The largest absolute Gasteiger partial charge is 0.451 e. The Balaban J connectivity index is 1.31. The van der Waals surface area contributed by atoms with Crippen LogP contribution in [-0.2, 0) is 0 Å². The van der Waals surface area contributed by atoms with Crippen molar-refractivity contribution in [1.29, 1.82) is 0 Å². The van der Waals surface area contributed by atoms with Crippen LogP contribution in [0.5, 0.6) is 0 Å². The summed E-state index contributed by atoms with van der Waals surface area (Å²) >= 11 is 12.3. The summed E-state index contributed by atoms with van der Waals surface area (Å²) in [4.78, 5) is 17.4. The Hall–Kier alpha value is -3.54. The molecular weight excluding hydrogens is 483 g/mol. The molecule has 0 fully saturated rings. The van der Waals surface area contributed by atoms with E-state index < -0.39 is 0 Å². The molecule has 1 N–H and O–H groups in total. The first-order valence-electron chi connectivity index (χ1n) is 11.3. The third-order valence-electron chi connectivity index (χ3n) is 6.03. The zero-order chi connectivity index (χ0) is 24.5. The Morgan fingerprint density at radius 1 is 1.00 bits per heavy atom. The van der Waals surface area contributed by atoms with Crippen LogP contribution < -0.4 is 5.32 Å². The van der Waals surface area contributed by atoms with Crippen molar-refractivity contribution >= 4 is 45.9 Å². The zero-order valence-corrected chi connectivity index (χ0v) is 20.7. The Kier molecular flexibility index (Phi) is 6.37. The molecule has 0 aliphatic carbocycles. The monoisotopic (exact) mass is 504 g/mol. The van der Waals surface area contributed by atoms with Crippen molar-refractivity contribution < 1.29 is 13.6 Å². The van der Waals surface area contributed by atoms with E-state index in [9.17, 15) is 4.79 Å². The third-order valence-corrected chi connectivity index (χ3v) is 6.85. The van der Waals surface area contributed by atoms with Crippen molar-refractivity contribution in [3.8, 4) is 22.8 Å². The molecule has 0 saturated heterocycles. The van der Waals surface area contributed by atoms with Gasteiger partial charge < -0.3 is 14.2 Å². The molecular formula is C28H22Cl2N2O3. The van der Waals surface area contributed by atoms with Gasteiger partial charge in [0, 0.05) is 16.8 Å². The highest BCUT2D eigenvalue weighted by Crippen LogP contribution is 2.34. The number of hydrogen-bond acceptors (Lipinski definition) is 4. The second-order valence-corrected chi connectivity index (χ2v) is 9.14. The molecule has 35 heavy (non-hydrogen) atoms. The van der Waals surface area contributed by atoms with E-state index in [4.69, 9.17) is 32.0 Å². The van der Waals surface area contributed by atoms with Crippen molar-refractivity contribution in [2.75, 3.05) is 5.32 Å². The summed E-state index contributed by atoms with van der Waals surface area (Å²) in [6, 6.07) is 22.0. The zero-order valence-electron chi connectivity index (χ0n) is 19.1. The van der Waals surface area contributed by atoms with E-state index in [1.165, 1.54) is 5.56 Å². The topological polar surface area (TPSA) is 68.3 Å². The molecule has 0 bridgehead atoms. The van der Waals surface area contributed by atoms with Crippen molar-refractivity contribution in [2.45, 2.75) is 26.2 Å². The van der Waals surface area contributed by atoms with Gasteiger partial charge in [-0.2, -0.15) is 0 Å². The van der Waals surface area contributed by atoms with Crippen LogP contribution in [0.25, 0.3) is 33.9 Å². The summed E-state index contributed by atoms with van der Waals surface area (Å²) in [6.07, 6.45) is 1.07. The predicted molar refractivity (Wildman–Crippen MR) is 140 cm³/mol. The molecule has 2 heterocycles. The summed E-state index contributed by atoms with van der Waals surface area (Å²) in [5.41, 5.74) is 4.89. The normalized spacial score (nSPS) is 12.1. The van der Waals surface area contributed by atoms with E-state index in [2.05, 4.69) is 36.3 Å². The van der Waals surface area contributed by atoms with Crippen LogP contribution in [-0.4, -0.2) is 10.9 Å². The maximum absolute atomic E-state index is 12.7. The lowest BCUT2D eigenvalue weighted by atomic mass is 9.98. The summed E-state index contributed by atoms with van der Waals surface area (Å²) in [5.74, 6) is 1.26. The number of oxazole rings is 1. The number of fused-ring (bicyclic) bond motifs is 1. The van der Waals surface area contributed by atoms with Gasteiger partial charge in [-0.05, 0) is 78.6 Å². The van der Waals surface area contributed by atoms with Gasteiger partial charge in [0.25, 0.3) is 5.91 Å². The van der Waals surface area contributed by atoms with Crippen molar-refractivity contribution in [3.63, 3.8) is 0 Å². The maximum Gasteiger partial charge on any atom is 0.291 e. The van der Waals surface area contributed by atoms with Crippen LogP contribution in [0.2, 0.25) is 10.0 Å². The number of benzene rings is 3. The number of nitrogens with one attached hydrogen (secondary N) is 1. The van der Waals surface area contributed by atoms with Gasteiger partial charge in [0.15, 0.2) is 11.3 Å². The standard InChI is InChI=1S/C28H22Cl2N2O3/c1-3-16(2)18-9-12-24-22(15-18)32-28(35-24)17-7-10-19(11-8-17)31-27(33)25-14-13-23(34-25)20-5-4-6-21(29)26(20)30/h4-16H,3H2,1-2H3,(H,31,33)/t16-/m0/s1. The second-order valence-electron chi connectivity index (χ2n) is 8.35. The van der Waals surface area contributed by atoms with E-state index in [1.54, 1.807) is 42.5 Å². The SMILES string of the molecule is CC[C@H](C)c1ccc2oc(-c3ccc(NC(=O)c4ccc(-c5cccc(Cl)c5Cl)o4)cc3)nc2c1. The number of hydrogen-bond donors (Lipinski definition) is 1. The minimum Gasteiger partial charge on any atom is -0.451 e. The molecule has 5 aromatic rings. The molecule has 0 saturated carbocycles. The fourth-order valence-corrected chi connectivity index (χ4v) is 4.19. The van der Waals surface area contributed by atoms with E-state index in [0.29, 0.717) is 38.9 Å². The van der Waals surface area contributed by atoms with Crippen LogP contribution in [0.15, 0.2) is 81.6 Å². The number of carbonyl (C=O) groups excluding carboxylic acids is 1. The molecule has 0 spiro atoms. The van der Waals surface area contributed by atoms with Crippen LogP contribution in [0, 0.1) is 0 Å². The average molecular weight is 505 g/mol. The smallest absolute Gasteiger partial charge is 0.291 e. The molecule has 0 radical (unpaired) electrons. The van der Waals surface area contributed by atoms with Crippen molar-refractivity contribution in [3.05, 3.63) is 94.2 Å². The van der Waals surface area contributed by atoms with Crippen molar-refractivity contribution in [2.24, 2.45) is 0 Å². The van der Waals surface area contributed by atoms with Gasteiger partial charge >= 0.3 is 0 Å². The highest BCUT2D eigenvalue weighted by Gasteiger charge is 2.16. The van der Waals surface area contributed by atoms with E-state index >= 15 is 0 Å². The molecule has 0 aliphatic rings. The van der Waals surface area contributed by atoms with Gasteiger partial charge in [0.05, 0.1) is 10.0 Å². The molecule has 0 unspecified atom stereocenters. The Morgan fingerprint density at radius 3 is 2.57 bits per heavy atom. The quantitative estimate of drug-likeness (QED) is 0.250. The van der Waals surface area contributed by atoms with E-state index in [1.807, 2.05) is 18.2 Å². The number of nitrogens with zero attached hydrogens (tertiary/aromatic N) is 1. The van der Waals surface area contributed by atoms with Crippen LogP contribution >= 0.6 is 23.2 Å². The van der Waals surface area contributed by atoms with Crippen LogP contribution in [0.1, 0.15) is 42.3 Å². The molecule has 2 aromatic heterocycles. The number of carbonyl (C=O) groups is 1. The number of amides is 1. The van der Waals surface area contributed by atoms with Crippen LogP contribution in [0.3, 0.4) is 0 Å². The van der Waals surface area contributed by atoms with Crippen molar-refractivity contribution in [1.82, 2.24) is 4.98 Å². The van der Waals surface area contributed by atoms with Gasteiger partial charge in [0.2, 0.25) is 5.89 Å². The number of anilines is 1. The van der Waals surface area contributed by atoms with E-state index in [0.717, 1.165) is 23.1 Å². The molecule has 176 valence electrons. The number of aromatic nitrogens is 1. The fraction of sp³-hybridized carbons (Fsp3) is 0.143. The first-order valence-corrected chi connectivity index (χ1v) is 12.0. The lowest BCUT2D eigenvalue weighted by molar-refractivity contribution is 0.0997. The summed E-state index contributed by atoms with van der Waals surface area (Å²) in [7, 11) is 0. The Labute approximate surface area is 212 Å². The highest BCUT2D eigenvalue weighted by molar-refractivity contribution is 6.43. The predicted octanol–water partition coefficient (Wildman–Crippen LogP) is 8.83. The molecule has 5 rings (SSSR count). The van der Waals surface area contributed by atoms with Gasteiger partial charge in [-0.1, -0.05) is 49.2 Å². The number of furan rings is 1. The van der Waals surface area contributed by atoms with Gasteiger partial charge in [0.1, 0.15) is 11.3 Å². The summed E-state index contributed by atoms with van der Waals surface area (Å²) in [5, 5.41) is 3.63.